The first-order valence-corrected chi connectivity index (χ1v) is 13.5. The van der Waals surface area contributed by atoms with Gasteiger partial charge in [0.25, 0.3) is 0 Å². The molecule has 0 aliphatic carbocycles. The summed E-state index contributed by atoms with van der Waals surface area (Å²) in [5.41, 5.74) is 7.16. The van der Waals surface area contributed by atoms with Crippen LogP contribution in [0.3, 0.4) is 0 Å². The van der Waals surface area contributed by atoms with Crippen molar-refractivity contribution in [3.05, 3.63) is 140 Å². The molecule has 0 unspecified atom stereocenters. The summed E-state index contributed by atoms with van der Waals surface area (Å²) in [5.74, 6) is 0.633. The Morgan fingerprint density at radius 3 is 1.88 bits per heavy atom. The first kappa shape index (κ1) is 22.6. The fourth-order valence-corrected chi connectivity index (χ4v) is 5.56. The van der Waals surface area contributed by atoms with Crippen LogP contribution in [0.2, 0.25) is 0 Å². The lowest BCUT2D eigenvalue weighted by molar-refractivity contribution is 0.620. The van der Waals surface area contributed by atoms with Crippen LogP contribution >= 0.6 is 0 Å². The SMILES string of the molecule is c1ccc2cc(-c3ccc4c(ccc5cc(Nc6ccc(-c7nc8ccccc8o7)cc6)ccc54)c3)ccc2c1. The first-order chi connectivity index (χ1) is 19.8. The highest BCUT2D eigenvalue weighted by atomic mass is 16.3. The monoisotopic (exact) mass is 512 g/mol. The molecular weight excluding hydrogens is 488 g/mol. The van der Waals surface area contributed by atoms with Crippen LogP contribution in [0.5, 0.6) is 0 Å². The second-order valence-electron chi connectivity index (χ2n) is 10.2. The topological polar surface area (TPSA) is 38.1 Å². The summed E-state index contributed by atoms with van der Waals surface area (Å²) in [6.45, 7) is 0. The highest BCUT2D eigenvalue weighted by Crippen LogP contribution is 2.33. The third kappa shape index (κ3) is 3.96. The molecule has 0 aliphatic rings. The van der Waals surface area contributed by atoms with Gasteiger partial charge in [0.15, 0.2) is 5.58 Å². The van der Waals surface area contributed by atoms with E-state index in [9.17, 15) is 0 Å². The maximum absolute atomic E-state index is 5.91. The molecule has 188 valence electrons. The molecule has 0 amide bonds. The minimum Gasteiger partial charge on any atom is -0.436 e. The van der Waals surface area contributed by atoms with E-state index < -0.39 is 0 Å². The summed E-state index contributed by atoms with van der Waals surface area (Å²) in [5, 5.41) is 11.0. The van der Waals surface area contributed by atoms with Crippen LogP contribution in [0.15, 0.2) is 144 Å². The Morgan fingerprint density at radius 2 is 1.05 bits per heavy atom. The van der Waals surface area contributed by atoms with Crippen LogP contribution in [0.25, 0.3) is 66.0 Å². The molecule has 3 nitrogen and oxygen atoms in total. The fourth-order valence-electron chi connectivity index (χ4n) is 5.56. The standard InChI is InChI=1S/C37H24N2O/c1-2-6-26-21-27(10-9-24(26)5-1)28-15-19-33-29(22-28)11-12-30-23-32(18-20-34(30)33)38-31-16-13-25(14-17-31)37-39-35-7-3-4-8-36(35)40-37/h1-23,38H. The maximum atomic E-state index is 5.91. The molecule has 8 aromatic rings. The largest absolute Gasteiger partial charge is 0.436 e. The molecule has 0 saturated heterocycles. The third-order valence-corrected chi connectivity index (χ3v) is 7.63. The number of hydrogen-bond donors (Lipinski definition) is 1. The molecule has 0 spiro atoms. The molecule has 0 bridgehead atoms. The number of nitrogens with one attached hydrogen (secondary N) is 1. The van der Waals surface area contributed by atoms with E-state index in [1.54, 1.807) is 0 Å². The number of benzene rings is 7. The van der Waals surface area contributed by atoms with Gasteiger partial charge in [0.2, 0.25) is 5.89 Å². The van der Waals surface area contributed by atoms with Gasteiger partial charge >= 0.3 is 0 Å². The minimum atomic E-state index is 0.633. The Kier molecular flexibility index (Phi) is 5.14. The zero-order valence-corrected chi connectivity index (χ0v) is 21.6. The predicted octanol–water partition coefficient (Wildman–Crippen LogP) is 10.4. The van der Waals surface area contributed by atoms with Crippen molar-refractivity contribution in [2.24, 2.45) is 0 Å². The van der Waals surface area contributed by atoms with E-state index in [4.69, 9.17) is 4.42 Å². The summed E-state index contributed by atoms with van der Waals surface area (Å²) in [6.07, 6.45) is 0. The van der Waals surface area contributed by atoms with E-state index in [0.29, 0.717) is 5.89 Å². The molecule has 0 saturated carbocycles. The van der Waals surface area contributed by atoms with Gasteiger partial charge in [-0.25, -0.2) is 4.98 Å². The summed E-state index contributed by atoms with van der Waals surface area (Å²) in [7, 11) is 0. The van der Waals surface area contributed by atoms with Crippen LogP contribution in [-0.2, 0) is 0 Å². The van der Waals surface area contributed by atoms with Crippen molar-refractivity contribution in [3.8, 4) is 22.6 Å². The van der Waals surface area contributed by atoms with Crippen LogP contribution in [-0.4, -0.2) is 4.98 Å². The molecule has 1 heterocycles. The summed E-state index contributed by atoms with van der Waals surface area (Å²) in [4.78, 5) is 4.60. The highest BCUT2D eigenvalue weighted by molar-refractivity contribution is 6.09. The van der Waals surface area contributed by atoms with Crippen molar-refractivity contribution in [2.75, 3.05) is 5.32 Å². The van der Waals surface area contributed by atoms with Gasteiger partial charge in [0.1, 0.15) is 5.52 Å². The lowest BCUT2D eigenvalue weighted by atomic mass is 9.96. The number of aromatic nitrogens is 1. The Labute approximate surface area is 231 Å². The van der Waals surface area contributed by atoms with Gasteiger partial charge in [-0.2, -0.15) is 0 Å². The van der Waals surface area contributed by atoms with Crippen molar-refractivity contribution < 1.29 is 4.42 Å². The molecule has 7 aromatic carbocycles. The Morgan fingerprint density at radius 1 is 0.450 bits per heavy atom. The van der Waals surface area contributed by atoms with E-state index in [2.05, 4.69) is 113 Å². The number of para-hydroxylation sites is 2. The highest BCUT2D eigenvalue weighted by Gasteiger charge is 2.09. The first-order valence-electron chi connectivity index (χ1n) is 13.5. The molecule has 40 heavy (non-hydrogen) atoms. The maximum Gasteiger partial charge on any atom is 0.227 e. The number of oxazole rings is 1. The average molecular weight is 513 g/mol. The quantitative estimate of drug-likeness (QED) is 0.238. The van der Waals surface area contributed by atoms with E-state index in [-0.39, 0.29) is 0 Å². The molecule has 0 radical (unpaired) electrons. The summed E-state index contributed by atoms with van der Waals surface area (Å²) in [6, 6.07) is 49.0. The van der Waals surface area contributed by atoms with Gasteiger partial charge in [0, 0.05) is 16.9 Å². The van der Waals surface area contributed by atoms with Crippen LogP contribution in [0.1, 0.15) is 0 Å². The van der Waals surface area contributed by atoms with Crippen LogP contribution < -0.4 is 5.32 Å². The van der Waals surface area contributed by atoms with E-state index in [1.807, 2.05) is 36.4 Å². The normalized spacial score (nSPS) is 11.5. The van der Waals surface area contributed by atoms with Gasteiger partial charge < -0.3 is 9.73 Å². The molecule has 3 heteroatoms. The predicted molar refractivity (Wildman–Crippen MR) is 167 cm³/mol. The second-order valence-corrected chi connectivity index (χ2v) is 10.2. The zero-order chi connectivity index (χ0) is 26.5. The molecule has 1 N–H and O–H groups in total. The van der Waals surface area contributed by atoms with Gasteiger partial charge in [-0.15, -0.1) is 0 Å². The number of anilines is 2. The number of fused-ring (bicyclic) bond motifs is 5. The number of hydrogen-bond acceptors (Lipinski definition) is 3. The van der Waals surface area contributed by atoms with E-state index in [0.717, 1.165) is 28.0 Å². The molecule has 0 atom stereocenters. The van der Waals surface area contributed by atoms with Gasteiger partial charge in [-0.05, 0) is 104 Å². The van der Waals surface area contributed by atoms with Crippen molar-refractivity contribution >= 4 is 54.8 Å². The molecule has 8 rings (SSSR count). The Balaban J connectivity index is 1.07. The van der Waals surface area contributed by atoms with Crippen molar-refractivity contribution in [2.45, 2.75) is 0 Å². The molecule has 1 aromatic heterocycles. The molecule has 0 aliphatic heterocycles. The zero-order valence-electron chi connectivity index (χ0n) is 21.6. The van der Waals surface area contributed by atoms with Crippen LogP contribution in [0, 0.1) is 0 Å². The molecular formula is C37H24N2O. The summed E-state index contributed by atoms with van der Waals surface area (Å²) >= 11 is 0. The van der Waals surface area contributed by atoms with E-state index in [1.165, 1.54) is 43.4 Å². The molecule has 0 fully saturated rings. The Hall–Kier alpha value is -5.41. The fraction of sp³-hybridized carbons (Fsp3) is 0. The van der Waals surface area contributed by atoms with Crippen molar-refractivity contribution in [3.63, 3.8) is 0 Å². The second kappa shape index (κ2) is 9.11. The smallest absolute Gasteiger partial charge is 0.227 e. The van der Waals surface area contributed by atoms with Gasteiger partial charge in [0.05, 0.1) is 0 Å². The Bertz CT molecular complexity index is 2160. The van der Waals surface area contributed by atoms with E-state index >= 15 is 0 Å². The van der Waals surface area contributed by atoms with Gasteiger partial charge in [-0.1, -0.05) is 78.9 Å². The lowest BCUT2D eigenvalue weighted by Gasteiger charge is -2.11. The third-order valence-electron chi connectivity index (χ3n) is 7.63. The number of nitrogens with zero attached hydrogens (tertiary/aromatic N) is 1. The van der Waals surface area contributed by atoms with Crippen molar-refractivity contribution in [1.82, 2.24) is 4.98 Å². The lowest BCUT2D eigenvalue weighted by Crippen LogP contribution is -1.90. The van der Waals surface area contributed by atoms with Crippen molar-refractivity contribution in [1.29, 1.82) is 0 Å². The average Bonchev–Trinajstić information content (AvgIpc) is 3.45. The van der Waals surface area contributed by atoms with Gasteiger partial charge in [-0.3, -0.25) is 0 Å². The van der Waals surface area contributed by atoms with Crippen LogP contribution in [0.4, 0.5) is 11.4 Å². The number of rotatable bonds is 4. The minimum absolute atomic E-state index is 0.633. The summed E-state index contributed by atoms with van der Waals surface area (Å²) < 4.78 is 5.91.